The molecule has 4 saturated carbocycles. The minimum Gasteiger partial charge on any atom is -0.466 e. The van der Waals surface area contributed by atoms with Crippen LogP contribution < -0.4 is 0 Å². The summed E-state index contributed by atoms with van der Waals surface area (Å²) in [5.41, 5.74) is 0.893. The average molecular weight is 389 g/mol. The molecule has 4 aliphatic rings. The minimum absolute atomic E-state index is 0.0241. The van der Waals surface area contributed by atoms with Crippen LogP contribution in [0, 0.1) is 40.4 Å². The first-order chi connectivity index (χ1) is 13.4. The third-order valence-corrected chi connectivity index (χ3v) is 9.92. The smallest absolute Gasteiger partial charge is 0.305 e. The molecule has 4 fully saturated rings. The van der Waals surface area contributed by atoms with Gasteiger partial charge in [-0.25, -0.2) is 0 Å². The van der Waals surface area contributed by atoms with Gasteiger partial charge in [-0.2, -0.15) is 0 Å². The SMILES string of the molecule is CCOC(=O)CCCC1CCC2C3CC[C@H]4CC(=O)CCC4(C)C3CCC12C. The molecular weight excluding hydrogens is 348 g/mol. The first kappa shape index (κ1) is 20.4. The van der Waals surface area contributed by atoms with E-state index in [1.807, 2.05) is 6.92 Å². The maximum atomic E-state index is 12.1. The molecule has 0 aromatic heterocycles. The summed E-state index contributed by atoms with van der Waals surface area (Å²) >= 11 is 0. The molecule has 7 atom stereocenters. The van der Waals surface area contributed by atoms with Crippen LogP contribution >= 0.6 is 0 Å². The zero-order valence-corrected chi connectivity index (χ0v) is 18.3. The van der Waals surface area contributed by atoms with E-state index in [1.54, 1.807) is 0 Å². The highest BCUT2D eigenvalue weighted by Crippen LogP contribution is 2.67. The van der Waals surface area contributed by atoms with Gasteiger partial charge in [0.25, 0.3) is 0 Å². The fourth-order valence-corrected chi connectivity index (χ4v) is 8.35. The summed E-state index contributed by atoms with van der Waals surface area (Å²) in [4.78, 5) is 23.8. The second-order valence-corrected chi connectivity index (χ2v) is 10.9. The quantitative estimate of drug-likeness (QED) is 0.547. The van der Waals surface area contributed by atoms with Crippen LogP contribution in [0.4, 0.5) is 0 Å². The molecule has 3 heteroatoms. The molecule has 0 aromatic rings. The lowest BCUT2D eigenvalue weighted by Gasteiger charge is -2.60. The van der Waals surface area contributed by atoms with Crippen LogP contribution in [0.15, 0.2) is 0 Å². The number of Topliss-reactive ketones (excluding diaryl/α,β-unsaturated/α-hetero) is 1. The Morgan fingerprint density at radius 2 is 1.82 bits per heavy atom. The van der Waals surface area contributed by atoms with Crippen molar-refractivity contribution in [2.24, 2.45) is 40.4 Å². The number of hydrogen-bond donors (Lipinski definition) is 0. The Balaban J connectivity index is 1.42. The van der Waals surface area contributed by atoms with Crippen molar-refractivity contribution in [2.45, 2.75) is 97.8 Å². The minimum atomic E-state index is -0.0241. The number of esters is 1. The fraction of sp³-hybridized carbons (Fsp3) is 0.920. The predicted octanol–water partition coefficient (Wildman–Crippen LogP) is 5.95. The van der Waals surface area contributed by atoms with E-state index >= 15 is 0 Å². The lowest BCUT2D eigenvalue weighted by molar-refractivity contribution is -0.143. The molecule has 0 N–H and O–H groups in total. The van der Waals surface area contributed by atoms with Crippen LogP contribution in [0.5, 0.6) is 0 Å². The standard InChI is InChI=1S/C25H40O3/c1-4-28-23(27)7-5-6-17-9-11-21-20-10-8-18-16-19(26)12-14-25(18,3)22(20)13-15-24(17,21)2/h17-18,20-22H,4-16H2,1-3H3/t17?,18-,20?,21?,22?,24?,25?/m0/s1. The Bertz CT molecular complexity index is 613. The molecule has 28 heavy (non-hydrogen) atoms. The summed E-state index contributed by atoms with van der Waals surface area (Å²) < 4.78 is 5.12. The molecule has 3 nitrogen and oxygen atoms in total. The zero-order chi connectivity index (χ0) is 19.9. The molecule has 0 saturated heterocycles. The summed E-state index contributed by atoms with van der Waals surface area (Å²) in [6, 6.07) is 0. The topological polar surface area (TPSA) is 43.4 Å². The van der Waals surface area contributed by atoms with Gasteiger partial charge in [0.1, 0.15) is 5.78 Å². The van der Waals surface area contributed by atoms with E-state index in [4.69, 9.17) is 4.74 Å². The van der Waals surface area contributed by atoms with E-state index in [0.717, 1.165) is 49.4 Å². The van der Waals surface area contributed by atoms with Crippen LogP contribution in [0.3, 0.4) is 0 Å². The average Bonchev–Trinajstić information content (AvgIpc) is 2.99. The number of fused-ring (bicyclic) bond motifs is 5. The maximum Gasteiger partial charge on any atom is 0.305 e. The van der Waals surface area contributed by atoms with Gasteiger partial charge in [-0.05, 0) is 105 Å². The Morgan fingerprint density at radius 1 is 1.04 bits per heavy atom. The van der Waals surface area contributed by atoms with E-state index in [0.29, 0.717) is 35.6 Å². The van der Waals surface area contributed by atoms with Gasteiger partial charge < -0.3 is 4.74 Å². The summed E-state index contributed by atoms with van der Waals surface area (Å²) in [6.07, 6.45) is 13.7. The molecule has 6 unspecified atom stereocenters. The van der Waals surface area contributed by atoms with E-state index in [2.05, 4.69) is 13.8 Å². The highest BCUT2D eigenvalue weighted by atomic mass is 16.5. The van der Waals surface area contributed by atoms with E-state index in [-0.39, 0.29) is 5.97 Å². The van der Waals surface area contributed by atoms with E-state index in [9.17, 15) is 9.59 Å². The molecule has 4 aliphatic carbocycles. The first-order valence-corrected chi connectivity index (χ1v) is 12.1. The summed E-state index contributed by atoms with van der Waals surface area (Å²) in [5.74, 6) is 4.52. The van der Waals surface area contributed by atoms with Gasteiger partial charge in [-0.15, -0.1) is 0 Å². The molecule has 0 heterocycles. The Morgan fingerprint density at radius 3 is 2.61 bits per heavy atom. The Labute approximate surface area is 171 Å². The van der Waals surface area contributed by atoms with Crippen LogP contribution in [0.2, 0.25) is 0 Å². The molecule has 4 rings (SSSR count). The van der Waals surface area contributed by atoms with Gasteiger partial charge in [0.05, 0.1) is 6.61 Å². The van der Waals surface area contributed by atoms with Crippen LogP contribution in [0.25, 0.3) is 0 Å². The van der Waals surface area contributed by atoms with E-state index in [1.165, 1.54) is 44.9 Å². The van der Waals surface area contributed by atoms with Gasteiger partial charge in [0, 0.05) is 19.3 Å². The molecule has 0 aromatic carbocycles. The van der Waals surface area contributed by atoms with Crippen LogP contribution in [-0.4, -0.2) is 18.4 Å². The van der Waals surface area contributed by atoms with Gasteiger partial charge >= 0.3 is 5.97 Å². The van der Waals surface area contributed by atoms with Crippen molar-refractivity contribution in [1.82, 2.24) is 0 Å². The summed E-state index contributed by atoms with van der Waals surface area (Å²) in [7, 11) is 0. The molecule has 0 bridgehead atoms. The van der Waals surface area contributed by atoms with E-state index < -0.39 is 0 Å². The Hall–Kier alpha value is -0.860. The predicted molar refractivity (Wildman–Crippen MR) is 111 cm³/mol. The van der Waals surface area contributed by atoms with Gasteiger partial charge in [0.2, 0.25) is 0 Å². The molecule has 158 valence electrons. The number of rotatable bonds is 5. The van der Waals surface area contributed by atoms with Crippen molar-refractivity contribution in [3.8, 4) is 0 Å². The van der Waals surface area contributed by atoms with Gasteiger partial charge in [-0.1, -0.05) is 13.8 Å². The normalized spacial score (nSPS) is 45.1. The highest BCUT2D eigenvalue weighted by Gasteiger charge is 2.59. The monoisotopic (exact) mass is 388 g/mol. The second-order valence-electron chi connectivity index (χ2n) is 10.9. The van der Waals surface area contributed by atoms with Gasteiger partial charge in [-0.3, -0.25) is 9.59 Å². The molecule has 0 spiro atoms. The third-order valence-electron chi connectivity index (χ3n) is 9.92. The zero-order valence-electron chi connectivity index (χ0n) is 18.3. The largest absolute Gasteiger partial charge is 0.466 e. The number of ketones is 1. The number of carbonyl (C=O) groups excluding carboxylic acids is 2. The fourth-order valence-electron chi connectivity index (χ4n) is 8.35. The molecule has 0 aliphatic heterocycles. The Kier molecular flexibility index (Phi) is 5.66. The third kappa shape index (κ3) is 3.35. The highest BCUT2D eigenvalue weighted by molar-refractivity contribution is 5.79. The van der Waals surface area contributed by atoms with Crippen molar-refractivity contribution in [1.29, 1.82) is 0 Å². The van der Waals surface area contributed by atoms with Crippen molar-refractivity contribution in [3.05, 3.63) is 0 Å². The summed E-state index contributed by atoms with van der Waals surface area (Å²) in [6.45, 7) is 7.50. The second kappa shape index (κ2) is 7.76. The maximum absolute atomic E-state index is 12.1. The number of carbonyl (C=O) groups is 2. The first-order valence-electron chi connectivity index (χ1n) is 12.1. The molecular formula is C25H40O3. The lowest BCUT2D eigenvalue weighted by Crippen LogP contribution is -2.53. The summed E-state index contributed by atoms with van der Waals surface area (Å²) in [5, 5.41) is 0. The number of ether oxygens (including phenoxy) is 1. The van der Waals surface area contributed by atoms with Crippen molar-refractivity contribution in [2.75, 3.05) is 6.61 Å². The lowest BCUT2D eigenvalue weighted by atomic mass is 9.44. The van der Waals surface area contributed by atoms with Crippen LogP contribution in [-0.2, 0) is 14.3 Å². The van der Waals surface area contributed by atoms with Gasteiger partial charge in [0.15, 0.2) is 0 Å². The van der Waals surface area contributed by atoms with Crippen molar-refractivity contribution < 1.29 is 14.3 Å². The van der Waals surface area contributed by atoms with Crippen LogP contribution in [0.1, 0.15) is 97.8 Å². The molecule has 0 radical (unpaired) electrons. The number of hydrogen-bond acceptors (Lipinski definition) is 3. The van der Waals surface area contributed by atoms with Crippen molar-refractivity contribution >= 4 is 11.8 Å². The molecule has 0 amide bonds. The van der Waals surface area contributed by atoms with Crippen molar-refractivity contribution in [3.63, 3.8) is 0 Å².